The van der Waals surface area contributed by atoms with Crippen LogP contribution in [0, 0.1) is 0 Å². The van der Waals surface area contributed by atoms with Gasteiger partial charge in [0.1, 0.15) is 0 Å². The first-order valence-electron chi connectivity index (χ1n) is 5.52. The van der Waals surface area contributed by atoms with E-state index in [0.717, 1.165) is 22.8 Å². The number of carboxylic acid groups (broad SMARTS) is 1. The number of carbonyl (C=O) groups is 1. The molecule has 18 heavy (non-hydrogen) atoms. The number of rotatable bonds is 4. The first-order chi connectivity index (χ1) is 8.50. The van der Waals surface area contributed by atoms with Crippen LogP contribution in [0.2, 0.25) is 0 Å². The molecule has 0 bridgehead atoms. The zero-order valence-corrected chi connectivity index (χ0v) is 11.1. The van der Waals surface area contributed by atoms with Gasteiger partial charge in [-0.15, -0.1) is 0 Å². The second-order valence-corrected chi connectivity index (χ2v) is 4.30. The summed E-state index contributed by atoms with van der Waals surface area (Å²) in [4.78, 5) is 10.4. The Morgan fingerprint density at radius 2 is 1.78 bits per heavy atom. The standard InChI is InChI=1S/C15H15ClO2/c1-11(8-9-14(17)18)10-12(2)15(16)13-6-4-3-5-7-13/h3-10H,1-2H3,(H,17,18)/b9-8-,11-10+,15-12-. The Morgan fingerprint density at radius 1 is 1.17 bits per heavy atom. The van der Waals surface area contributed by atoms with Crippen molar-refractivity contribution in [3.05, 3.63) is 65.3 Å². The van der Waals surface area contributed by atoms with Crippen LogP contribution >= 0.6 is 11.6 Å². The van der Waals surface area contributed by atoms with E-state index in [9.17, 15) is 4.79 Å². The Hall–Kier alpha value is -1.80. The molecule has 0 unspecified atom stereocenters. The molecule has 1 aromatic rings. The summed E-state index contributed by atoms with van der Waals surface area (Å²) in [5, 5.41) is 9.20. The van der Waals surface area contributed by atoms with Crippen molar-refractivity contribution >= 4 is 22.6 Å². The number of aliphatic carboxylic acids is 1. The maximum absolute atomic E-state index is 10.4. The monoisotopic (exact) mass is 262 g/mol. The first-order valence-corrected chi connectivity index (χ1v) is 5.89. The van der Waals surface area contributed by atoms with E-state index in [0.29, 0.717) is 5.03 Å². The zero-order chi connectivity index (χ0) is 13.5. The maximum atomic E-state index is 10.4. The maximum Gasteiger partial charge on any atom is 0.328 e. The van der Waals surface area contributed by atoms with E-state index >= 15 is 0 Å². The van der Waals surface area contributed by atoms with Gasteiger partial charge in [0.2, 0.25) is 0 Å². The predicted molar refractivity (Wildman–Crippen MR) is 75.4 cm³/mol. The highest BCUT2D eigenvalue weighted by atomic mass is 35.5. The van der Waals surface area contributed by atoms with Gasteiger partial charge in [0.05, 0.1) is 5.03 Å². The molecule has 0 atom stereocenters. The smallest absolute Gasteiger partial charge is 0.328 e. The summed E-state index contributed by atoms with van der Waals surface area (Å²) < 4.78 is 0. The number of allylic oxidation sites excluding steroid dienone is 4. The molecule has 0 saturated heterocycles. The van der Waals surface area contributed by atoms with Gasteiger partial charge in [0, 0.05) is 6.08 Å². The fraction of sp³-hybridized carbons (Fsp3) is 0.133. The zero-order valence-electron chi connectivity index (χ0n) is 10.4. The summed E-state index contributed by atoms with van der Waals surface area (Å²) in [5.74, 6) is -0.960. The summed E-state index contributed by atoms with van der Waals surface area (Å²) in [5.41, 5.74) is 2.68. The molecule has 0 aliphatic rings. The van der Waals surface area contributed by atoms with Crippen molar-refractivity contribution in [2.24, 2.45) is 0 Å². The normalized spacial score (nSPS) is 13.6. The van der Waals surface area contributed by atoms with Crippen molar-refractivity contribution < 1.29 is 9.90 Å². The molecule has 2 nitrogen and oxygen atoms in total. The van der Waals surface area contributed by atoms with Gasteiger partial charge in [0.15, 0.2) is 0 Å². The molecule has 0 heterocycles. The minimum absolute atomic E-state index is 0.665. The van der Waals surface area contributed by atoms with Gasteiger partial charge in [-0.3, -0.25) is 0 Å². The molecule has 0 radical (unpaired) electrons. The molecule has 0 aliphatic carbocycles. The van der Waals surface area contributed by atoms with Crippen LogP contribution in [0.25, 0.3) is 5.03 Å². The Balaban J connectivity index is 2.96. The average molecular weight is 263 g/mol. The molecule has 1 aromatic carbocycles. The van der Waals surface area contributed by atoms with Gasteiger partial charge in [-0.2, -0.15) is 0 Å². The van der Waals surface area contributed by atoms with E-state index in [2.05, 4.69) is 0 Å². The quantitative estimate of drug-likeness (QED) is 0.651. The molecule has 0 amide bonds. The summed E-state index contributed by atoms with van der Waals surface area (Å²) in [6.45, 7) is 3.73. The lowest BCUT2D eigenvalue weighted by molar-refractivity contribution is -0.131. The molecule has 0 aliphatic heterocycles. The third kappa shape index (κ3) is 4.60. The second-order valence-electron chi connectivity index (χ2n) is 3.92. The number of hydrogen-bond donors (Lipinski definition) is 1. The highest BCUT2D eigenvalue weighted by Crippen LogP contribution is 2.24. The van der Waals surface area contributed by atoms with Crippen molar-refractivity contribution in [2.75, 3.05) is 0 Å². The van der Waals surface area contributed by atoms with Crippen LogP contribution < -0.4 is 0 Å². The molecular weight excluding hydrogens is 248 g/mol. The van der Waals surface area contributed by atoms with Gasteiger partial charge in [0.25, 0.3) is 0 Å². The number of benzene rings is 1. The van der Waals surface area contributed by atoms with E-state index in [-0.39, 0.29) is 0 Å². The molecule has 0 fully saturated rings. The van der Waals surface area contributed by atoms with Crippen LogP contribution in [-0.4, -0.2) is 11.1 Å². The number of carboxylic acids is 1. The molecule has 1 rings (SSSR count). The minimum atomic E-state index is -0.960. The molecular formula is C15H15ClO2. The Kier molecular flexibility index (Phi) is 5.40. The van der Waals surface area contributed by atoms with Gasteiger partial charge in [-0.05, 0) is 25.0 Å². The van der Waals surface area contributed by atoms with Crippen LogP contribution in [0.3, 0.4) is 0 Å². The van der Waals surface area contributed by atoms with E-state index in [4.69, 9.17) is 16.7 Å². The Bertz CT molecular complexity index is 511. The Morgan fingerprint density at radius 3 is 2.33 bits per heavy atom. The topological polar surface area (TPSA) is 37.3 Å². The van der Waals surface area contributed by atoms with Crippen LogP contribution in [0.1, 0.15) is 19.4 Å². The van der Waals surface area contributed by atoms with Crippen LogP contribution in [0.15, 0.2) is 59.7 Å². The molecule has 94 valence electrons. The number of halogens is 1. The summed E-state index contributed by atoms with van der Waals surface area (Å²) in [6, 6.07) is 9.64. The predicted octanol–water partition coefficient (Wildman–Crippen LogP) is 4.24. The first kappa shape index (κ1) is 14.3. The molecule has 0 saturated carbocycles. The summed E-state index contributed by atoms with van der Waals surface area (Å²) in [6.07, 6.45) is 4.51. The van der Waals surface area contributed by atoms with Crippen molar-refractivity contribution in [1.82, 2.24) is 0 Å². The van der Waals surface area contributed by atoms with E-state index in [1.54, 1.807) is 6.08 Å². The highest BCUT2D eigenvalue weighted by Gasteiger charge is 2.00. The molecule has 1 N–H and O–H groups in total. The lowest BCUT2D eigenvalue weighted by Gasteiger charge is -2.02. The van der Waals surface area contributed by atoms with Crippen LogP contribution in [0.4, 0.5) is 0 Å². The van der Waals surface area contributed by atoms with Crippen molar-refractivity contribution in [3.8, 4) is 0 Å². The SMILES string of the molecule is CC(/C=C(C)/C=C\C(=O)O)=C(/Cl)c1ccccc1. The lowest BCUT2D eigenvalue weighted by Crippen LogP contribution is -1.86. The van der Waals surface area contributed by atoms with Gasteiger partial charge in [-0.1, -0.05) is 59.7 Å². The van der Waals surface area contributed by atoms with Crippen molar-refractivity contribution in [3.63, 3.8) is 0 Å². The number of hydrogen-bond acceptors (Lipinski definition) is 1. The fourth-order valence-corrected chi connectivity index (χ4v) is 1.65. The minimum Gasteiger partial charge on any atom is -0.478 e. The average Bonchev–Trinajstić information content (AvgIpc) is 2.36. The molecule has 0 spiro atoms. The molecule has 3 heteroatoms. The second kappa shape index (κ2) is 6.82. The summed E-state index contributed by atoms with van der Waals surface area (Å²) >= 11 is 6.26. The molecule has 0 aromatic heterocycles. The van der Waals surface area contributed by atoms with Crippen LogP contribution in [-0.2, 0) is 4.79 Å². The summed E-state index contributed by atoms with van der Waals surface area (Å²) in [7, 11) is 0. The van der Waals surface area contributed by atoms with Gasteiger partial charge >= 0.3 is 5.97 Å². The van der Waals surface area contributed by atoms with Crippen molar-refractivity contribution in [2.45, 2.75) is 13.8 Å². The largest absolute Gasteiger partial charge is 0.478 e. The van der Waals surface area contributed by atoms with Gasteiger partial charge < -0.3 is 5.11 Å². The third-order valence-electron chi connectivity index (χ3n) is 2.31. The van der Waals surface area contributed by atoms with Crippen molar-refractivity contribution in [1.29, 1.82) is 0 Å². The van der Waals surface area contributed by atoms with Crippen LogP contribution in [0.5, 0.6) is 0 Å². The van der Waals surface area contributed by atoms with Gasteiger partial charge in [-0.25, -0.2) is 4.79 Å². The lowest BCUT2D eigenvalue weighted by atomic mass is 10.1. The highest BCUT2D eigenvalue weighted by molar-refractivity contribution is 6.49. The van der Waals surface area contributed by atoms with E-state index in [1.807, 2.05) is 50.3 Å². The Labute approximate surface area is 112 Å². The fourth-order valence-electron chi connectivity index (χ4n) is 1.47. The van der Waals surface area contributed by atoms with E-state index in [1.165, 1.54) is 0 Å². The third-order valence-corrected chi connectivity index (χ3v) is 2.82. The van der Waals surface area contributed by atoms with E-state index < -0.39 is 5.97 Å².